The zero-order valence-corrected chi connectivity index (χ0v) is 13.4. The van der Waals surface area contributed by atoms with Crippen LogP contribution in [0.2, 0.25) is 0 Å². The first-order valence-corrected chi connectivity index (χ1v) is 8.18. The summed E-state index contributed by atoms with van der Waals surface area (Å²) in [5, 5.41) is 10.4. The van der Waals surface area contributed by atoms with Gasteiger partial charge in [0.05, 0.1) is 0 Å². The highest BCUT2D eigenvalue weighted by Gasteiger charge is 2.14. The molecule has 0 aliphatic rings. The molecule has 0 atom stereocenters. The topological polar surface area (TPSA) is 66.8 Å². The highest BCUT2D eigenvalue weighted by atomic mass is 32.1. The normalized spacial score (nSPS) is 10.4. The van der Waals surface area contributed by atoms with Gasteiger partial charge in [0.25, 0.3) is 5.91 Å². The molecule has 6 heteroatoms. The van der Waals surface area contributed by atoms with Crippen LogP contribution in [0, 0.1) is 0 Å². The average molecular weight is 313 g/mol. The van der Waals surface area contributed by atoms with Crippen LogP contribution in [-0.4, -0.2) is 41.6 Å². The lowest BCUT2D eigenvalue weighted by Crippen LogP contribution is -2.36. The number of carboxylic acids is 1. The van der Waals surface area contributed by atoms with E-state index in [4.69, 9.17) is 9.84 Å². The molecular weight excluding hydrogens is 290 g/mol. The number of unbranched alkanes of at least 4 members (excludes halogenated alkanes) is 2. The average Bonchev–Trinajstić information content (AvgIpc) is 2.94. The number of amides is 1. The summed E-state index contributed by atoms with van der Waals surface area (Å²) in [4.78, 5) is 25.0. The summed E-state index contributed by atoms with van der Waals surface area (Å²) in [6.07, 6.45) is 4.06. The van der Waals surface area contributed by atoms with Gasteiger partial charge >= 0.3 is 5.97 Å². The van der Waals surface area contributed by atoms with Gasteiger partial charge in [0, 0.05) is 24.5 Å². The predicted octanol–water partition coefficient (Wildman–Crippen LogP) is 3.25. The van der Waals surface area contributed by atoms with Gasteiger partial charge in [0.2, 0.25) is 0 Å². The van der Waals surface area contributed by atoms with Gasteiger partial charge in [-0.25, -0.2) is 4.79 Å². The Morgan fingerprint density at radius 2 is 1.86 bits per heavy atom. The Kier molecular flexibility index (Phi) is 7.82. The molecule has 1 aromatic heterocycles. The van der Waals surface area contributed by atoms with Crippen molar-refractivity contribution in [1.82, 2.24) is 4.90 Å². The molecule has 1 rings (SSSR count). The molecule has 0 spiro atoms. The lowest BCUT2D eigenvalue weighted by atomic mass is 10.2. The first kappa shape index (κ1) is 17.5. The van der Waals surface area contributed by atoms with Gasteiger partial charge in [0.15, 0.2) is 6.61 Å². The van der Waals surface area contributed by atoms with Crippen LogP contribution < -0.4 is 4.74 Å². The van der Waals surface area contributed by atoms with E-state index in [9.17, 15) is 9.59 Å². The summed E-state index contributed by atoms with van der Waals surface area (Å²) in [6.45, 7) is 5.66. The number of carbonyl (C=O) groups is 2. The number of nitrogens with zero attached hydrogens (tertiary/aromatic N) is 1. The Morgan fingerprint density at radius 3 is 2.33 bits per heavy atom. The van der Waals surface area contributed by atoms with Crippen LogP contribution in [0.15, 0.2) is 11.4 Å². The molecule has 0 radical (unpaired) electrons. The minimum Gasteiger partial charge on any atom is -0.483 e. The Balaban J connectivity index is 2.48. The maximum Gasteiger partial charge on any atom is 0.346 e. The van der Waals surface area contributed by atoms with Crippen LogP contribution in [0.25, 0.3) is 0 Å². The van der Waals surface area contributed by atoms with Crippen LogP contribution >= 0.6 is 11.3 Å². The molecule has 0 saturated heterocycles. The molecule has 0 aliphatic carbocycles. The van der Waals surface area contributed by atoms with E-state index in [0.717, 1.165) is 50.1 Å². The van der Waals surface area contributed by atoms with Crippen molar-refractivity contribution in [2.24, 2.45) is 0 Å². The minimum absolute atomic E-state index is 0.0385. The monoisotopic (exact) mass is 313 g/mol. The molecule has 0 unspecified atom stereocenters. The van der Waals surface area contributed by atoms with E-state index in [1.807, 2.05) is 4.90 Å². The third-order valence-electron chi connectivity index (χ3n) is 3.06. The second kappa shape index (κ2) is 9.39. The number of carbonyl (C=O) groups excluding carboxylic acids is 1. The molecule has 118 valence electrons. The fourth-order valence-corrected chi connectivity index (χ4v) is 2.47. The SMILES string of the molecule is CCCCN(CCCC)C(=O)COc1csc(C(=O)O)c1. The lowest BCUT2D eigenvalue weighted by Gasteiger charge is -2.22. The van der Waals surface area contributed by atoms with E-state index in [0.29, 0.717) is 5.75 Å². The van der Waals surface area contributed by atoms with Crippen molar-refractivity contribution >= 4 is 23.2 Å². The molecule has 0 aliphatic heterocycles. The number of thiophene rings is 1. The molecule has 21 heavy (non-hydrogen) atoms. The third-order valence-corrected chi connectivity index (χ3v) is 3.96. The number of aromatic carboxylic acids is 1. The van der Waals surface area contributed by atoms with Gasteiger partial charge in [-0.3, -0.25) is 4.79 Å². The Labute approximate surface area is 129 Å². The van der Waals surface area contributed by atoms with Crippen LogP contribution in [-0.2, 0) is 4.79 Å². The largest absolute Gasteiger partial charge is 0.483 e. The minimum atomic E-state index is -0.978. The molecule has 1 amide bonds. The summed E-state index contributed by atoms with van der Waals surface area (Å²) in [5.74, 6) is -0.578. The summed E-state index contributed by atoms with van der Waals surface area (Å²) in [7, 11) is 0. The third kappa shape index (κ3) is 6.16. The van der Waals surface area contributed by atoms with E-state index in [1.165, 1.54) is 6.07 Å². The van der Waals surface area contributed by atoms with Gasteiger partial charge in [-0.15, -0.1) is 11.3 Å². The predicted molar refractivity (Wildman–Crippen MR) is 83.2 cm³/mol. The molecule has 0 aromatic carbocycles. The maximum absolute atomic E-state index is 12.2. The number of hydrogen-bond acceptors (Lipinski definition) is 4. The fourth-order valence-electron chi connectivity index (χ4n) is 1.80. The Morgan fingerprint density at radius 1 is 1.24 bits per heavy atom. The molecule has 0 bridgehead atoms. The van der Waals surface area contributed by atoms with E-state index in [1.54, 1.807) is 5.38 Å². The van der Waals surface area contributed by atoms with E-state index < -0.39 is 5.97 Å². The van der Waals surface area contributed by atoms with Crippen molar-refractivity contribution in [2.75, 3.05) is 19.7 Å². The second-order valence-electron chi connectivity index (χ2n) is 4.83. The van der Waals surface area contributed by atoms with Crippen molar-refractivity contribution in [2.45, 2.75) is 39.5 Å². The van der Waals surface area contributed by atoms with Gasteiger partial charge in [-0.1, -0.05) is 26.7 Å². The van der Waals surface area contributed by atoms with E-state index in [-0.39, 0.29) is 17.4 Å². The first-order valence-electron chi connectivity index (χ1n) is 7.30. The molecule has 1 heterocycles. The number of carboxylic acid groups (broad SMARTS) is 1. The number of hydrogen-bond donors (Lipinski definition) is 1. The van der Waals surface area contributed by atoms with Crippen molar-refractivity contribution in [3.63, 3.8) is 0 Å². The molecular formula is C15H23NO4S. The van der Waals surface area contributed by atoms with Crippen LogP contribution in [0.4, 0.5) is 0 Å². The van der Waals surface area contributed by atoms with Gasteiger partial charge < -0.3 is 14.7 Å². The van der Waals surface area contributed by atoms with Crippen molar-refractivity contribution in [1.29, 1.82) is 0 Å². The van der Waals surface area contributed by atoms with E-state index in [2.05, 4.69) is 13.8 Å². The molecule has 1 aromatic rings. The van der Waals surface area contributed by atoms with Crippen molar-refractivity contribution in [3.05, 3.63) is 16.3 Å². The number of rotatable bonds is 10. The highest BCUT2D eigenvalue weighted by Crippen LogP contribution is 2.21. The lowest BCUT2D eigenvalue weighted by molar-refractivity contribution is -0.133. The summed E-state index contributed by atoms with van der Waals surface area (Å²) >= 11 is 1.10. The number of ether oxygens (including phenoxy) is 1. The molecule has 0 fully saturated rings. The second-order valence-corrected chi connectivity index (χ2v) is 5.74. The summed E-state index contributed by atoms with van der Waals surface area (Å²) in [6, 6.07) is 1.45. The quantitative estimate of drug-likeness (QED) is 0.720. The van der Waals surface area contributed by atoms with Crippen molar-refractivity contribution in [3.8, 4) is 5.75 Å². The molecule has 1 N–H and O–H groups in total. The highest BCUT2D eigenvalue weighted by molar-refractivity contribution is 7.12. The molecule has 5 nitrogen and oxygen atoms in total. The first-order chi connectivity index (χ1) is 10.1. The van der Waals surface area contributed by atoms with Crippen molar-refractivity contribution < 1.29 is 19.4 Å². The summed E-state index contributed by atoms with van der Waals surface area (Å²) in [5.41, 5.74) is 0. The summed E-state index contributed by atoms with van der Waals surface area (Å²) < 4.78 is 5.40. The Bertz CT molecular complexity index is 450. The zero-order valence-electron chi connectivity index (χ0n) is 12.6. The van der Waals surface area contributed by atoms with Gasteiger partial charge in [-0.2, -0.15) is 0 Å². The van der Waals surface area contributed by atoms with Crippen LogP contribution in [0.5, 0.6) is 5.75 Å². The molecule has 0 saturated carbocycles. The fraction of sp³-hybridized carbons (Fsp3) is 0.600. The maximum atomic E-state index is 12.2. The van der Waals surface area contributed by atoms with Crippen LogP contribution in [0.1, 0.15) is 49.2 Å². The Hall–Kier alpha value is -1.56. The standard InChI is InChI=1S/C15H23NO4S/c1-3-5-7-16(8-6-4-2)14(17)10-20-12-9-13(15(18)19)21-11-12/h9,11H,3-8,10H2,1-2H3,(H,18,19). The smallest absolute Gasteiger partial charge is 0.346 e. The van der Waals surface area contributed by atoms with E-state index >= 15 is 0 Å². The zero-order chi connectivity index (χ0) is 15.7. The van der Waals surface area contributed by atoms with Gasteiger partial charge in [0.1, 0.15) is 10.6 Å². The van der Waals surface area contributed by atoms with Gasteiger partial charge in [-0.05, 0) is 12.8 Å². The van der Waals surface area contributed by atoms with Crippen LogP contribution in [0.3, 0.4) is 0 Å².